The van der Waals surface area contributed by atoms with Crippen molar-refractivity contribution >= 4 is 17.2 Å². The van der Waals surface area contributed by atoms with Crippen LogP contribution in [0.15, 0.2) is 11.0 Å². The number of thiazole rings is 1. The average molecular weight is 320 g/mol. The maximum atomic E-state index is 12.6. The van der Waals surface area contributed by atoms with Crippen molar-refractivity contribution in [2.75, 3.05) is 7.05 Å². The Labute approximate surface area is 133 Å². The highest BCUT2D eigenvalue weighted by Gasteiger charge is 2.22. The zero-order chi connectivity index (χ0) is 16.4. The van der Waals surface area contributed by atoms with Gasteiger partial charge in [-0.3, -0.25) is 9.59 Å². The Morgan fingerprint density at radius 1 is 1.41 bits per heavy atom. The number of hydrogen-bond acceptors (Lipinski definition) is 5. The third-order valence-electron chi connectivity index (χ3n) is 3.61. The maximum absolute atomic E-state index is 12.6. The van der Waals surface area contributed by atoms with Gasteiger partial charge in [0.2, 0.25) is 0 Å². The minimum atomic E-state index is -0.367. The third-order valence-corrected chi connectivity index (χ3v) is 4.73. The summed E-state index contributed by atoms with van der Waals surface area (Å²) in [5, 5.41) is 4.97. The summed E-state index contributed by atoms with van der Waals surface area (Å²) in [4.78, 5) is 31.9. The van der Waals surface area contributed by atoms with Crippen LogP contribution < -0.4 is 5.56 Å². The van der Waals surface area contributed by atoms with E-state index in [0.717, 1.165) is 11.4 Å². The van der Waals surface area contributed by atoms with Gasteiger partial charge in [-0.05, 0) is 25.8 Å². The summed E-state index contributed by atoms with van der Waals surface area (Å²) in [6, 6.07) is 0. The molecule has 0 bridgehead atoms. The van der Waals surface area contributed by atoms with Crippen LogP contribution >= 0.6 is 11.3 Å². The van der Waals surface area contributed by atoms with Gasteiger partial charge in [0.05, 0.1) is 12.2 Å². The number of aromatic nitrogens is 3. The van der Waals surface area contributed by atoms with Gasteiger partial charge < -0.3 is 4.90 Å². The lowest BCUT2D eigenvalue weighted by Gasteiger charge is -2.17. The van der Waals surface area contributed by atoms with E-state index in [4.69, 9.17) is 0 Å². The van der Waals surface area contributed by atoms with E-state index in [1.54, 1.807) is 39.3 Å². The second-order valence-electron chi connectivity index (χ2n) is 5.25. The molecule has 0 fully saturated rings. The summed E-state index contributed by atoms with van der Waals surface area (Å²) in [6.45, 7) is 6.01. The lowest BCUT2D eigenvalue weighted by molar-refractivity contribution is 0.0781. The SMILES string of the molecule is CCc1cnc(CN(C)C(=O)c2c(C)c(C)nn(C)c2=O)s1. The minimum Gasteiger partial charge on any atom is -0.335 e. The Hall–Kier alpha value is -2.02. The summed E-state index contributed by atoms with van der Waals surface area (Å²) in [5.74, 6) is -0.295. The number of carbonyl (C=O) groups is 1. The van der Waals surface area contributed by atoms with Gasteiger partial charge in [-0.2, -0.15) is 5.10 Å². The smallest absolute Gasteiger partial charge is 0.279 e. The highest BCUT2D eigenvalue weighted by atomic mass is 32.1. The first-order valence-corrected chi connectivity index (χ1v) is 7.90. The molecule has 0 radical (unpaired) electrons. The fraction of sp³-hybridized carbons (Fsp3) is 0.467. The molecule has 0 aromatic carbocycles. The minimum absolute atomic E-state index is 0.185. The second-order valence-corrected chi connectivity index (χ2v) is 6.45. The molecule has 2 rings (SSSR count). The lowest BCUT2D eigenvalue weighted by atomic mass is 10.1. The zero-order valence-electron chi connectivity index (χ0n) is 13.5. The monoisotopic (exact) mass is 320 g/mol. The van der Waals surface area contributed by atoms with Crippen LogP contribution in [-0.4, -0.2) is 32.6 Å². The molecule has 0 aliphatic carbocycles. The molecule has 2 aromatic rings. The van der Waals surface area contributed by atoms with Crippen molar-refractivity contribution < 1.29 is 4.79 Å². The average Bonchev–Trinajstić information content (AvgIpc) is 2.93. The highest BCUT2D eigenvalue weighted by molar-refractivity contribution is 7.11. The molecule has 1 amide bonds. The molecule has 0 saturated heterocycles. The number of rotatable bonds is 4. The molecular formula is C15H20N4O2S. The number of carbonyl (C=O) groups excluding carboxylic acids is 1. The molecule has 22 heavy (non-hydrogen) atoms. The van der Waals surface area contributed by atoms with Crippen LogP contribution in [-0.2, 0) is 20.0 Å². The quantitative estimate of drug-likeness (QED) is 0.860. The Morgan fingerprint density at radius 2 is 2.09 bits per heavy atom. The van der Waals surface area contributed by atoms with Crippen molar-refractivity contribution in [2.45, 2.75) is 33.7 Å². The summed E-state index contributed by atoms with van der Waals surface area (Å²) in [5.41, 5.74) is 1.13. The molecule has 118 valence electrons. The normalized spacial score (nSPS) is 10.8. The largest absolute Gasteiger partial charge is 0.335 e. The Morgan fingerprint density at radius 3 is 2.68 bits per heavy atom. The number of amides is 1. The van der Waals surface area contributed by atoms with Gasteiger partial charge >= 0.3 is 0 Å². The topological polar surface area (TPSA) is 68.1 Å². The van der Waals surface area contributed by atoms with E-state index < -0.39 is 0 Å². The summed E-state index contributed by atoms with van der Waals surface area (Å²) in [6.07, 6.45) is 2.76. The van der Waals surface area contributed by atoms with Crippen molar-refractivity contribution in [3.05, 3.63) is 43.3 Å². The van der Waals surface area contributed by atoms with E-state index in [2.05, 4.69) is 17.0 Å². The van der Waals surface area contributed by atoms with E-state index in [1.165, 1.54) is 14.5 Å². The molecular weight excluding hydrogens is 300 g/mol. The van der Waals surface area contributed by atoms with E-state index in [9.17, 15) is 9.59 Å². The van der Waals surface area contributed by atoms with Crippen LogP contribution in [0.3, 0.4) is 0 Å². The molecule has 0 aliphatic rings. The van der Waals surface area contributed by atoms with Crippen LogP contribution in [0.25, 0.3) is 0 Å². The van der Waals surface area contributed by atoms with Crippen molar-refractivity contribution in [1.82, 2.24) is 19.7 Å². The van der Waals surface area contributed by atoms with Gasteiger partial charge in [-0.25, -0.2) is 9.67 Å². The van der Waals surface area contributed by atoms with Crippen molar-refractivity contribution in [2.24, 2.45) is 7.05 Å². The standard InChI is InChI=1S/C15H20N4O2S/c1-6-11-7-16-12(22-11)8-18(4)14(20)13-9(2)10(3)17-19(5)15(13)21/h7H,6,8H2,1-5H3. The van der Waals surface area contributed by atoms with Crippen LogP contribution in [0, 0.1) is 13.8 Å². The van der Waals surface area contributed by atoms with Gasteiger partial charge in [-0.1, -0.05) is 6.92 Å². The Balaban J connectivity index is 2.30. The maximum Gasteiger partial charge on any atom is 0.279 e. The van der Waals surface area contributed by atoms with Crippen LogP contribution in [0.5, 0.6) is 0 Å². The van der Waals surface area contributed by atoms with Gasteiger partial charge in [-0.15, -0.1) is 11.3 Å². The summed E-state index contributed by atoms with van der Waals surface area (Å²) < 4.78 is 1.21. The highest BCUT2D eigenvalue weighted by Crippen LogP contribution is 2.16. The van der Waals surface area contributed by atoms with Crippen molar-refractivity contribution in [3.63, 3.8) is 0 Å². The van der Waals surface area contributed by atoms with Gasteiger partial charge in [0.15, 0.2) is 0 Å². The Bertz CT molecular complexity index is 763. The first-order chi connectivity index (χ1) is 10.3. The number of aryl methyl sites for hydroxylation is 3. The number of hydrogen-bond donors (Lipinski definition) is 0. The van der Waals surface area contributed by atoms with Gasteiger partial charge in [0, 0.05) is 25.2 Å². The fourth-order valence-electron chi connectivity index (χ4n) is 2.15. The molecule has 7 heteroatoms. The van der Waals surface area contributed by atoms with E-state index >= 15 is 0 Å². The third kappa shape index (κ3) is 3.09. The predicted octanol–water partition coefficient (Wildman–Crippen LogP) is 1.69. The van der Waals surface area contributed by atoms with Crippen LogP contribution in [0.1, 0.15) is 38.4 Å². The van der Waals surface area contributed by atoms with Gasteiger partial charge in [0.1, 0.15) is 10.6 Å². The number of nitrogens with zero attached hydrogens (tertiary/aromatic N) is 4. The van der Waals surface area contributed by atoms with Crippen molar-refractivity contribution in [1.29, 1.82) is 0 Å². The second kappa shape index (κ2) is 6.39. The molecule has 2 aromatic heterocycles. The van der Waals surface area contributed by atoms with E-state index in [-0.39, 0.29) is 17.0 Å². The Kier molecular flexibility index (Phi) is 4.75. The molecule has 0 unspecified atom stereocenters. The predicted molar refractivity (Wildman–Crippen MR) is 86.2 cm³/mol. The van der Waals surface area contributed by atoms with Gasteiger partial charge in [0.25, 0.3) is 11.5 Å². The molecule has 0 spiro atoms. The zero-order valence-corrected chi connectivity index (χ0v) is 14.3. The summed E-state index contributed by atoms with van der Waals surface area (Å²) in [7, 11) is 3.24. The van der Waals surface area contributed by atoms with E-state index in [1.807, 2.05) is 6.20 Å². The molecule has 0 saturated carbocycles. The lowest BCUT2D eigenvalue weighted by Crippen LogP contribution is -2.36. The van der Waals surface area contributed by atoms with Crippen LogP contribution in [0.2, 0.25) is 0 Å². The van der Waals surface area contributed by atoms with Crippen molar-refractivity contribution in [3.8, 4) is 0 Å². The summed E-state index contributed by atoms with van der Waals surface area (Å²) >= 11 is 1.59. The molecule has 0 atom stereocenters. The first kappa shape index (κ1) is 16.4. The molecule has 6 nitrogen and oxygen atoms in total. The molecule has 2 heterocycles. The van der Waals surface area contributed by atoms with Crippen LogP contribution in [0.4, 0.5) is 0 Å². The van der Waals surface area contributed by atoms with E-state index in [0.29, 0.717) is 17.8 Å². The molecule has 0 aliphatic heterocycles. The molecule has 0 N–H and O–H groups in total. The first-order valence-electron chi connectivity index (χ1n) is 7.08. The fourth-order valence-corrected chi connectivity index (χ4v) is 3.07.